The zero-order valence-electron chi connectivity index (χ0n) is 12.4. The fourth-order valence-electron chi connectivity index (χ4n) is 3.04. The summed E-state index contributed by atoms with van der Waals surface area (Å²) in [4.78, 5) is 15.6. The lowest BCUT2D eigenvalue weighted by Crippen LogP contribution is -2.27. The van der Waals surface area contributed by atoms with Crippen molar-refractivity contribution < 1.29 is 9.90 Å². The molecule has 1 aromatic rings. The first-order valence-corrected chi connectivity index (χ1v) is 7.57. The van der Waals surface area contributed by atoms with Gasteiger partial charge in [-0.05, 0) is 50.7 Å². The van der Waals surface area contributed by atoms with Crippen LogP contribution in [0.15, 0.2) is 12.1 Å². The predicted octanol–water partition coefficient (Wildman–Crippen LogP) is 3.86. The first-order chi connectivity index (χ1) is 9.60. The van der Waals surface area contributed by atoms with Crippen molar-refractivity contribution in [2.45, 2.75) is 58.4 Å². The lowest BCUT2D eigenvalue weighted by atomic mass is 9.83. The number of pyridine rings is 1. The highest BCUT2D eigenvalue weighted by molar-refractivity contribution is 5.93. The summed E-state index contributed by atoms with van der Waals surface area (Å²) in [5, 5.41) is 12.6. The highest BCUT2D eigenvalue weighted by Crippen LogP contribution is 2.29. The molecule has 0 radical (unpaired) electrons. The smallest absolute Gasteiger partial charge is 0.339 e. The Kier molecular flexibility index (Phi) is 4.99. The molecule has 110 valence electrons. The fourth-order valence-corrected chi connectivity index (χ4v) is 3.04. The van der Waals surface area contributed by atoms with Crippen LogP contribution < -0.4 is 5.32 Å². The molecule has 1 heterocycles. The summed E-state index contributed by atoms with van der Waals surface area (Å²) in [6.45, 7) is 4.12. The first kappa shape index (κ1) is 14.8. The normalized spacial score (nSPS) is 22.5. The molecule has 0 aliphatic heterocycles. The second-order valence-corrected chi connectivity index (χ2v) is 5.80. The summed E-state index contributed by atoms with van der Waals surface area (Å²) in [6.07, 6.45) is 7.26. The van der Waals surface area contributed by atoms with Gasteiger partial charge in [-0.25, -0.2) is 9.78 Å². The zero-order chi connectivity index (χ0) is 14.5. The Balaban J connectivity index is 2.00. The van der Waals surface area contributed by atoms with Gasteiger partial charge in [0.2, 0.25) is 0 Å². The van der Waals surface area contributed by atoms with Crippen LogP contribution in [-0.4, -0.2) is 22.1 Å². The summed E-state index contributed by atoms with van der Waals surface area (Å²) in [5.41, 5.74) is 1.11. The molecule has 0 saturated heterocycles. The molecule has 20 heavy (non-hydrogen) atoms. The predicted molar refractivity (Wildman–Crippen MR) is 80.2 cm³/mol. The molecule has 1 aliphatic carbocycles. The zero-order valence-corrected chi connectivity index (χ0v) is 12.4. The van der Waals surface area contributed by atoms with Gasteiger partial charge in [0, 0.05) is 11.7 Å². The standard InChI is InChI=1S/C16H24N2O2/c1-3-4-12-6-8-13(9-7-12)18-15-14(16(19)20)10-5-11(2)17-15/h5,10,12-13H,3-4,6-9H2,1-2H3,(H,17,18)(H,19,20). The average molecular weight is 276 g/mol. The third-order valence-corrected chi connectivity index (χ3v) is 4.15. The Bertz CT molecular complexity index is 466. The number of nitrogens with zero attached hydrogens (tertiary/aromatic N) is 1. The number of aryl methyl sites for hydroxylation is 1. The molecule has 0 unspecified atom stereocenters. The van der Waals surface area contributed by atoms with Crippen LogP contribution >= 0.6 is 0 Å². The minimum atomic E-state index is -0.917. The molecule has 0 spiro atoms. The third-order valence-electron chi connectivity index (χ3n) is 4.15. The van der Waals surface area contributed by atoms with Gasteiger partial charge in [0.1, 0.15) is 11.4 Å². The van der Waals surface area contributed by atoms with E-state index in [1.54, 1.807) is 12.1 Å². The number of carbonyl (C=O) groups is 1. The maximum Gasteiger partial charge on any atom is 0.339 e. The first-order valence-electron chi connectivity index (χ1n) is 7.57. The highest BCUT2D eigenvalue weighted by Gasteiger charge is 2.22. The van der Waals surface area contributed by atoms with Crippen LogP contribution in [0.5, 0.6) is 0 Å². The second-order valence-electron chi connectivity index (χ2n) is 5.80. The van der Waals surface area contributed by atoms with Crippen LogP contribution in [0.4, 0.5) is 5.82 Å². The van der Waals surface area contributed by atoms with Gasteiger partial charge in [-0.3, -0.25) is 0 Å². The molecule has 1 fully saturated rings. The van der Waals surface area contributed by atoms with E-state index < -0.39 is 5.97 Å². The van der Waals surface area contributed by atoms with E-state index >= 15 is 0 Å². The van der Waals surface area contributed by atoms with Crippen LogP contribution in [-0.2, 0) is 0 Å². The van der Waals surface area contributed by atoms with Crippen LogP contribution in [0, 0.1) is 12.8 Å². The van der Waals surface area contributed by atoms with Crippen molar-refractivity contribution in [2.75, 3.05) is 5.32 Å². The van der Waals surface area contributed by atoms with Gasteiger partial charge in [0.05, 0.1) is 0 Å². The number of aromatic nitrogens is 1. The number of anilines is 1. The Hall–Kier alpha value is -1.58. The van der Waals surface area contributed by atoms with Crippen molar-refractivity contribution in [3.63, 3.8) is 0 Å². The molecule has 1 saturated carbocycles. The van der Waals surface area contributed by atoms with Gasteiger partial charge in [0.15, 0.2) is 0 Å². The van der Waals surface area contributed by atoms with E-state index in [1.165, 1.54) is 25.7 Å². The van der Waals surface area contributed by atoms with Crippen LogP contribution in [0.3, 0.4) is 0 Å². The van der Waals surface area contributed by atoms with Gasteiger partial charge in [-0.2, -0.15) is 0 Å². The fraction of sp³-hybridized carbons (Fsp3) is 0.625. The van der Waals surface area contributed by atoms with E-state index in [2.05, 4.69) is 17.2 Å². The number of aromatic carboxylic acids is 1. The van der Waals surface area contributed by atoms with Crippen LogP contribution in [0.2, 0.25) is 0 Å². The van der Waals surface area contributed by atoms with Crippen LogP contribution in [0.1, 0.15) is 61.5 Å². The van der Waals surface area contributed by atoms with Gasteiger partial charge in [0.25, 0.3) is 0 Å². The molecule has 0 amide bonds. The van der Waals surface area contributed by atoms with Gasteiger partial charge < -0.3 is 10.4 Å². The summed E-state index contributed by atoms with van der Waals surface area (Å²) in [6, 6.07) is 3.73. The molecule has 4 heteroatoms. The van der Waals surface area contributed by atoms with E-state index in [1.807, 2.05) is 6.92 Å². The van der Waals surface area contributed by atoms with Crippen molar-refractivity contribution >= 4 is 11.8 Å². The number of hydrogen-bond donors (Lipinski definition) is 2. The lowest BCUT2D eigenvalue weighted by molar-refractivity contribution is 0.0697. The number of carboxylic acids is 1. The maximum absolute atomic E-state index is 11.2. The SMILES string of the molecule is CCCC1CCC(Nc2nc(C)ccc2C(=O)O)CC1. The monoisotopic (exact) mass is 276 g/mol. The average Bonchev–Trinajstić information content (AvgIpc) is 2.41. The molecule has 2 N–H and O–H groups in total. The Morgan fingerprint density at radius 3 is 2.65 bits per heavy atom. The van der Waals surface area contributed by atoms with E-state index in [0.29, 0.717) is 11.9 Å². The van der Waals surface area contributed by atoms with E-state index in [0.717, 1.165) is 24.5 Å². The summed E-state index contributed by atoms with van der Waals surface area (Å²) >= 11 is 0. The van der Waals surface area contributed by atoms with Crippen LogP contribution in [0.25, 0.3) is 0 Å². The van der Waals surface area contributed by atoms with Gasteiger partial charge >= 0.3 is 5.97 Å². The van der Waals surface area contributed by atoms with Crippen molar-refractivity contribution in [3.05, 3.63) is 23.4 Å². The number of nitrogens with one attached hydrogen (secondary N) is 1. The molecular formula is C16H24N2O2. The number of hydrogen-bond acceptors (Lipinski definition) is 3. The maximum atomic E-state index is 11.2. The van der Waals surface area contributed by atoms with E-state index in [4.69, 9.17) is 0 Å². The van der Waals surface area contributed by atoms with Crippen molar-refractivity contribution in [1.29, 1.82) is 0 Å². The number of rotatable bonds is 5. The summed E-state index contributed by atoms with van der Waals surface area (Å²) in [7, 11) is 0. The topological polar surface area (TPSA) is 62.2 Å². The number of carboxylic acid groups (broad SMARTS) is 1. The molecule has 0 atom stereocenters. The molecule has 0 aromatic carbocycles. The molecule has 4 nitrogen and oxygen atoms in total. The van der Waals surface area contributed by atoms with E-state index in [9.17, 15) is 9.90 Å². The van der Waals surface area contributed by atoms with Crippen molar-refractivity contribution in [3.8, 4) is 0 Å². The lowest BCUT2D eigenvalue weighted by Gasteiger charge is -2.29. The molecule has 1 aromatic heterocycles. The summed E-state index contributed by atoms with van der Waals surface area (Å²) in [5.74, 6) is 0.457. The highest BCUT2D eigenvalue weighted by atomic mass is 16.4. The molecule has 1 aliphatic rings. The summed E-state index contributed by atoms with van der Waals surface area (Å²) < 4.78 is 0. The largest absolute Gasteiger partial charge is 0.478 e. The van der Waals surface area contributed by atoms with Crippen molar-refractivity contribution in [1.82, 2.24) is 4.98 Å². The minimum absolute atomic E-state index is 0.270. The van der Waals surface area contributed by atoms with Gasteiger partial charge in [-0.1, -0.05) is 19.8 Å². The third kappa shape index (κ3) is 3.71. The Morgan fingerprint density at radius 1 is 1.35 bits per heavy atom. The molecular weight excluding hydrogens is 252 g/mol. The van der Waals surface area contributed by atoms with E-state index in [-0.39, 0.29) is 5.56 Å². The van der Waals surface area contributed by atoms with Crippen molar-refractivity contribution in [2.24, 2.45) is 5.92 Å². The molecule has 2 rings (SSSR count). The minimum Gasteiger partial charge on any atom is -0.478 e. The Labute approximate surface area is 120 Å². The second kappa shape index (κ2) is 6.73. The Morgan fingerprint density at radius 2 is 2.05 bits per heavy atom. The quantitative estimate of drug-likeness (QED) is 0.857. The van der Waals surface area contributed by atoms with Gasteiger partial charge in [-0.15, -0.1) is 0 Å². The molecule has 0 bridgehead atoms.